The number of fused-ring (bicyclic) bond motifs is 1. The zero-order valence-corrected chi connectivity index (χ0v) is 25.2. The lowest BCUT2D eigenvalue weighted by molar-refractivity contribution is 0.469. The second-order valence-electron chi connectivity index (χ2n) is 12.7. The largest absolute Gasteiger partial charge is 0.378 e. The molecule has 0 radical (unpaired) electrons. The Bertz CT molecular complexity index is 1450. The van der Waals surface area contributed by atoms with E-state index in [0.717, 1.165) is 75.3 Å². The minimum absolute atomic E-state index is 0.122. The molecule has 4 aliphatic carbocycles. The topological polar surface area (TPSA) is 97.7 Å². The van der Waals surface area contributed by atoms with Gasteiger partial charge in [0.2, 0.25) is 0 Å². The fourth-order valence-electron chi connectivity index (χ4n) is 8.07. The highest BCUT2D eigenvalue weighted by Gasteiger charge is 2.36. The van der Waals surface area contributed by atoms with E-state index in [1.807, 2.05) is 0 Å². The maximum atomic E-state index is 14.5. The van der Waals surface area contributed by atoms with Crippen molar-refractivity contribution >= 4 is 20.2 Å². The van der Waals surface area contributed by atoms with E-state index in [2.05, 4.69) is 12.1 Å². The van der Waals surface area contributed by atoms with Crippen LogP contribution in [0.5, 0.6) is 5.75 Å². The summed E-state index contributed by atoms with van der Waals surface area (Å²) in [5.41, 5.74) is 4.73. The molecule has 2 aromatic rings. The standard InChI is InChI=1S/C32H42O6S2/c1-21-18-30(39(33,34)35)26-16-8-9-17-27(26)31(21)38-40(36,37)32-28(23-12-4-5-13-23)19-25(22-10-2-3-11-22)20-29(32)24-14-6-7-15-24/h18-20,22-24H,2-17H2,1H3,(H,33,34,35). The second-order valence-corrected chi connectivity index (χ2v) is 15.5. The molecule has 0 amide bonds. The molecular formula is C32H42O6S2. The monoisotopic (exact) mass is 586 g/mol. The molecule has 0 atom stereocenters. The lowest BCUT2D eigenvalue weighted by atomic mass is 9.85. The molecule has 0 aliphatic heterocycles. The summed E-state index contributed by atoms with van der Waals surface area (Å²) in [5, 5.41) is 0. The van der Waals surface area contributed by atoms with Crippen LogP contribution in [0.15, 0.2) is 28.0 Å². The lowest BCUT2D eigenvalue weighted by Gasteiger charge is -2.27. The van der Waals surface area contributed by atoms with E-state index in [9.17, 15) is 21.4 Å². The van der Waals surface area contributed by atoms with Crippen molar-refractivity contribution in [1.82, 2.24) is 0 Å². The van der Waals surface area contributed by atoms with Gasteiger partial charge in [0.15, 0.2) is 0 Å². The molecule has 6 nitrogen and oxygen atoms in total. The molecule has 40 heavy (non-hydrogen) atoms. The predicted molar refractivity (Wildman–Crippen MR) is 156 cm³/mol. The highest BCUT2D eigenvalue weighted by Crippen LogP contribution is 2.48. The fraction of sp³-hybridized carbons (Fsp3) is 0.625. The van der Waals surface area contributed by atoms with Crippen molar-refractivity contribution in [3.05, 3.63) is 51.6 Å². The van der Waals surface area contributed by atoms with E-state index in [1.54, 1.807) is 6.92 Å². The molecule has 8 heteroatoms. The fourth-order valence-corrected chi connectivity index (χ4v) is 10.5. The molecule has 218 valence electrons. The summed E-state index contributed by atoms with van der Waals surface area (Å²) >= 11 is 0. The molecule has 3 fully saturated rings. The minimum atomic E-state index is -4.43. The Balaban J connectivity index is 1.52. The Hall–Kier alpha value is -1.90. The van der Waals surface area contributed by atoms with Gasteiger partial charge in [-0.15, -0.1) is 0 Å². The first-order chi connectivity index (χ1) is 19.1. The summed E-state index contributed by atoms with van der Waals surface area (Å²) in [5.74, 6) is 1.18. The first kappa shape index (κ1) is 28.2. The van der Waals surface area contributed by atoms with E-state index < -0.39 is 20.2 Å². The predicted octanol–water partition coefficient (Wildman–Crippen LogP) is 7.86. The van der Waals surface area contributed by atoms with Gasteiger partial charge in [-0.25, -0.2) is 0 Å². The smallest absolute Gasteiger partial charge is 0.339 e. The van der Waals surface area contributed by atoms with Crippen LogP contribution >= 0.6 is 0 Å². The zero-order valence-electron chi connectivity index (χ0n) is 23.6. The molecule has 0 aromatic heterocycles. The number of hydrogen-bond acceptors (Lipinski definition) is 5. The molecule has 1 N–H and O–H groups in total. The van der Waals surface area contributed by atoms with Crippen LogP contribution in [-0.4, -0.2) is 21.4 Å². The van der Waals surface area contributed by atoms with Crippen molar-refractivity contribution in [2.24, 2.45) is 0 Å². The van der Waals surface area contributed by atoms with Crippen molar-refractivity contribution < 1.29 is 25.6 Å². The van der Waals surface area contributed by atoms with Gasteiger partial charge in [-0.1, -0.05) is 50.7 Å². The SMILES string of the molecule is Cc1cc(S(=O)(=O)O)c2c(c1OS(=O)(=O)c1c(C3CCCC3)cc(C3CCCC3)cc1C1CCCC1)CCCC2. The Morgan fingerprint density at radius 1 is 0.675 bits per heavy atom. The number of benzene rings is 2. The average molecular weight is 587 g/mol. The van der Waals surface area contributed by atoms with Crippen LogP contribution in [0.3, 0.4) is 0 Å². The van der Waals surface area contributed by atoms with Gasteiger partial charge in [0.25, 0.3) is 10.1 Å². The maximum absolute atomic E-state index is 14.5. The first-order valence-electron chi connectivity index (χ1n) is 15.4. The number of aryl methyl sites for hydroxylation is 1. The Morgan fingerprint density at radius 2 is 1.15 bits per heavy atom. The van der Waals surface area contributed by atoms with Crippen molar-refractivity contribution in [2.45, 2.75) is 137 Å². The average Bonchev–Trinajstić information content (AvgIpc) is 3.72. The maximum Gasteiger partial charge on any atom is 0.339 e. The van der Waals surface area contributed by atoms with Gasteiger partial charge < -0.3 is 4.18 Å². The van der Waals surface area contributed by atoms with Crippen molar-refractivity contribution in [1.29, 1.82) is 0 Å². The molecule has 3 saturated carbocycles. The van der Waals surface area contributed by atoms with E-state index in [1.165, 1.54) is 37.3 Å². The third kappa shape index (κ3) is 5.36. The molecule has 0 bridgehead atoms. The summed E-state index contributed by atoms with van der Waals surface area (Å²) in [6.45, 7) is 1.67. The molecular weight excluding hydrogens is 544 g/mol. The van der Waals surface area contributed by atoms with E-state index in [-0.39, 0.29) is 22.5 Å². The van der Waals surface area contributed by atoms with Crippen molar-refractivity contribution in [2.75, 3.05) is 0 Å². The summed E-state index contributed by atoms with van der Waals surface area (Å²) in [6.07, 6.45) is 15.8. The quantitative estimate of drug-likeness (QED) is 0.262. The third-order valence-electron chi connectivity index (χ3n) is 10.1. The number of rotatable bonds is 7. The molecule has 6 rings (SSSR count). The van der Waals surface area contributed by atoms with Gasteiger partial charge in [-0.05, 0) is 123 Å². The normalized spacial score (nSPS) is 21.2. The summed E-state index contributed by atoms with van der Waals surface area (Å²) in [6, 6.07) is 5.80. The van der Waals surface area contributed by atoms with Crippen LogP contribution in [-0.2, 0) is 33.1 Å². The Morgan fingerprint density at radius 3 is 1.65 bits per heavy atom. The zero-order chi connectivity index (χ0) is 28.1. The first-order valence-corrected chi connectivity index (χ1v) is 18.2. The third-order valence-corrected chi connectivity index (χ3v) is 12.3. The summed E-state index contributed by atoms with van der Waals surface area (Å²) in [7, 11) is -8.64. The van der Waals surface area contributed by atoms with Crippen LogP contribution in [0.2, 0.25) is 0 Å². The molecule has 0 unspecified atom stereocenters. The van der Waals surface area contributed by atoms with Crippen LogP contribution in [0.25, 0.3) is 0 Å². The van der Waals surface area contributed by atoms with Gasteiger partial charge in [0.05, 0.1) is 4.90 Å². The van der Waals surface area contributed by atoms with Gasteiger partial charge in [-0.2, -0.15) is 16.8 Å². The molecule has 0 heterocycles. The van der Waals surface area contributed by atoms with Crippen LogP contribution in [0.1, 0.15) is 141 Å². The Kier molecular flexibility index (Phi) is 7.81. The molecule has 0 spiro atoms. The van der Waals surface area contributed by atoms with Gasteiger partial charge in [0.1, 0.15) is 10.6 Å². The lowest BCUT2D eigenvalue weighted by Crippen LogP contribution is -2.21. The highest BCUT2D eigenvalue weighted by molar-refractivity contribution is 7.87. The minimum Gasteiger partial charge on any atom is -0.378 e. The molecule has 0 saturated heterocycles. The summed E-state index contributed by atoms with van der Waals surface area (Å²) in [4.78, 5) is 0.263. The second kappa shape index (κ2) is 11.1. The van der Waals surface area contributed by atoms with Gasteiger partial charge in [0, 0.05) is 5.56 Å². The van der Waals surface area contributed by atoms with Gasteiger partial charge >= 0.3 is 10.1 Å². The molecule has 4 aliphatic rings. The highest BCUT2D eigenvalue weighted by atomic mass is 32.2. The van der Waals surface area contributed by atoms with E-state index in [4.69, 9.17) is 4.18 Å². The van der Waals surface area contributed by atoms with Crippen LogP contribution in [0, 0.1) is 6.92 Å². The number of hydrogen-bond donors (Lipinski definition) is 1. The van der Waals surface area contributed by atoms with Crippen molar-refractivity contribution in [3.63, 3.8) is 0 Å². The van der Waals surface area contributed by atoms with E-state index in [0.29, 0.717) is 40.3 Å². The van der Waals surface area contributed by atoms with Crippen LogP contribution in [0.4, 0.5) is 0 Å². The van der Waals surface area contributed by atoms with Crippen LogP contribution < -0.4 is 4.18 Å². The summed E-state index contributed by atoms with van der Waals surface area (Å²) < 4.78 is 69.5. The Labute approximate surface area is 239 Å². The van der Waals surface area contributed by atoms with E-state index >= 15 is 0 Å². The molecule has 2 aromatic carbocycles. The van der Waals surface area contributed by atoms with Gasteiger partial charge in [-0.3, -0.25) is 4.55 Å². The van der Waals surface area contributed by atoms with Crippen molar-refractivity contribution in [3.8, 4) is 5.75 Å².